The van der Waals surface area contributed by atoms with E-state index in [1.165, 1.54) is 11.8 Å². The van der Waals surface area contributed by atoms with Crippen LogP contribution in [0.3, 0.4) is 0 Å². The maximum Gasteiger partial charge on any atom is 0.264 e. The highest BCUT2D eigenvalue weighted by Crippen LogP contribution is 2.33. The average molecular weight is 747 g/mol. The predicted molar refractivity (Wildman–Crippen MR) is 154 cm³/mol. The molecule has 0 saturated carbocycles. The molecule has 1 fully saturated rings. The smallest absolute Gasteiger partial charge is 0.264 e. The molecule has 0 bridgehead atoms. The van der Waals surface area contributed by atoms with E-state index in [0.29, 0.717) is 16.7 Å². The number of thioether (sulfide) groups is 1. The van der Waals surface area contributed by atoms with Crippen molar-refractivity contribution in [3.05, 3.63) is 88.3 Å². The van der Waals surface area contributed by atoms with Crippen LogP contribution in [-0.4, -0.2) is 18.2 Å². The molecule has 1 N–H and O–H groups in total. The summed E-state index contributed by atoms with van der Waals surface area (Å²) in [5.74, 6) is 1.44. The van der Waals surface area contributed by atoms with E-state index >= 15 is 0 Å². The molecule has 9 heteroatoms. The fraction of sp³-hybridized carbons (Fsp3) is 0.0833. The van der Waals surface area contributed by atoms with Crippen molar-refractivity contribution < 1.29 is 14.3 Å². The zero-order chi connectivity index (χ0) is 23.4. The van der Waals surface area contributed by atoms with Gasteiger partial charge in [-0.05, 0) is 123 Å². The van der Waals surface area contributed by atoms with E-state index in [1.807, 2.05) is 66.7 Å². The summed E-state index contributed by atoms with van der Waals surface area (Å²) in [7, 11) is 1.62. The van der Waals surface area contributed by atoms with Crippen molar-refractivity contribution in [1.82, 2.24) is 5.32 Å². The predicted octanol–water partition coefficient (Wildman–Crippen LogP) is 7.14. The number of amides is 1. The molecule has 3 aromatic rings. The third-order valence-corrected chi connectivity index (χ3v) is 7.61. The summed E-state index contributed by atoms with van der Waals surface area (Å²) in [6, 6.07) is 19.5. The monoisotopic (exact) mass is 746 g/mol. The Balaban J connectivity index is 1.48. The molecule has 1 aliphatic heterocycles. The van der Waals surface area contributed by atoms with Crippen LogP contribution in [0.5, 0.6) is 11.5 Å². The maximum atomic E-state index is 12.5. The van der Waals surface area contributed by atoms with Gasteiger partial charge in [-0.2, -0.15) is 0 Å². The highest BCUT2D eigenvalue weighted by Gasteiger charge is 2.24. The average Bonchev–Trinajstić information content (AvgIpc) is 3.13. The summed E-state index contributed by atoms with van der Waals surface area (Å²) in [5.41, 5.74) is 2.78. The molecule has 0 aromatic heterocycles. The first-order chi connectivity index (χ1) is 15.9. The maximum absolute atomic E-state index is 12.5. The summed E-state index contributed by atoms with van der Waals surface area (Å²) in [6.45, 7) is 0.489. The highest BCUT2D eigenvalue weighted by atomic mass is 127. The van der Waals surface area contributed by atoms with Crippen LogP contribution in [0.4, 0.5) is 5.69 Å². The van der Waals surface area contributed by atoms with Crippen LogP contribution in [0.1, 0.15) is 11.1 Å². The highest BCUT2D eigenvalue weighted by molar-refractivity contribution is 14.1. The van der Waals surface area contributed by atoms with Crippen molar-refractivity contribution >= 4 is 95.7 Å². The molecule has 1 saturated heterocycles. The van der Waals surface area contributed by atoms with Crippen molar-refractivity contribution in [1.29, 1.82) is 0 Å². The van der Waals surface area contributed by atoms with Crippen LogP contribution in [-0.2, 0) is 11.4 Å². The number of benzene rings is 3. The van der Waals surface area contributed by atoms with E-state index in [4.69, 9.17) is 9.47 Å². The lowest BCUT2D eigenvalue weighted by molar-refractivity contribution is -0.115. The molecular formula is C24H17BrI2N2O3S. The first-order valence-corrected chi connectivity index (χ1v) is 13.5. The number of carbonyl (C=O) groups excluding carboxylic acids is 1. The standard InChI is InChI=1S/C24H17BrI2N2O3S/c1-31-18-8-6-17(7-9-18)28-24-29-23(30)21(33-24)12-15-10-19(26)22(20(27)11-15)32-13-14-2-4-16(25)5-3-14/h2-12H,13H2,1H3,(H,28,29,30)/b21-12+. The fourth-order valence-corrected chi connectivity index (χ4v) is 6.18. The normalized spacial score (nSPS) is 15.7. The zero-order valence-electron chi connectivity index (χ0n) is 17.3. The van der Waals surface area contributed by atoms with Gasteiger partial charge in [-0.15, -0.1) is 0 Å². The molecule has 0 atom stereocenters. The lowest BCUT2D eigenvalue weighted by Gasteiger charge is -2.12. The largest absolute Gasteiger partial charge is 0.497 e. The second-order valence-electron chi connectivity index (χ2n) is 6.91. The van der Waals surface area contributed by atoms with Gasteiger partial charge in [0.25, 0.3) is 5.91 Å². The van der Waals surface area contributed by atoms with Gasteiger partial charge in [0.1, 0.15) is 18.1 Å². The molecule has 3 aromatic carbocycles. The van der Waals surface area contributed by atoms with Crippen LogP contribution in [0.2, 0.25) is 0 Å². The van der Waals surface area contributed by atoms with Crippen molar-refractivity contribution in [2.75, 3.05) is 7.11 Å². The number of rotatable bonds is 6. The molecule has 5 nitrogen and oxygen atoms in total. The van der Waals surface area contributed by atoms with Gasteiger partial charge in [0.2, 0.25) is 0 Å². The SMILES string of the molecule is COc1ccc(N=C2NC(=O)/C(=C\c3cc(I)c(OCc4ccc(Br)cc4)c(I)c3)S2)cc1. The van der Waals surface area contributed by atoms with Crippen LogP contribution >= 0.6 is 72.9 Å². The second-order valence-corrected chi connectivity index (χ2v) is 11.2. The van der Waals surface area contributed by atoms with Crippen LogP contribution in [0.25, 0.3) is 6.08 Å². The van der Waals surface area contributed by atoms with Gasteiger partial charge in [0.15, 0.2) is 5.17 Å². The third kappa shape index (κ3) is 6.52. The Morgan fingerprint density at radius 3 is 2.36 bits per heavy atom. The number of ether oxygens (including phenoxy) is 2. The van der Waals surface area contributed by atoms with Crippen molar-refractivity contribution in [2.24, 2.45) is 4.99 Å². The molecule has 1 amide bonds. The van der Waals surface area contributed by atoms with Gasteiger partial charge in [0, 0.05) is 4.47 Å². The van der Waals surface area contributed by atoms with Gasteiger partial charge in [-0.1, -0.05) is 28.1 Å². The summed E-state index contributed by atoms with van der Waals surface area (Å²) < 4.78 is 14.3. The fourth-order valence-electron chi connectivity index (χ4n) is 2.94. The number of halogens is 3. The lowest BCUT2D eigenvalue weighted by atomic mass is 10.2. The number of hydrogen-bond donors (Lipinski definition) is 1. The molecular weight excluding hydrogens is 730 g/mol. The summed E-state index contributed by atoms with van der Waals surface area (Å²) in [4.78, 5) is 17.6. The van der Waals surface area contributed by atoms with E-state index in [-0.39, 0.29) is 5.91 Å². The Bertz CT molecular complexity index is 1220. The number of carbonyl (C=O) groups is 1. The Hall–Kier alpha value is -1.57. The number of aliphatic imine (C=N–C) groups is 1. The van der Waals surface area contributed by atoms with Crippen molar-refractivity contribution in [3.8, 4) is 11.5 Å². The zero-order valence-corrected chi connectivity index (χ0v) is 24.0. The molecule has 168 valence electrons. The lowest BCUT2D eigenvalue weighted by Crippen LogP contribution is -2.19. The Morgan fingerprint density at radius 2 is 1.73 bits per heavy atom. The van der Waals surface area contributed by atoms with Gasteiger partial charge in [-0.3, -0.25) is 4.79 Å². The number of nitrogens with zero attached hydrogens (tertiary/aromatic N) is 1. The van der Waals surface area contributed by atoms with Gasteiger partial charge < -0.3 is 14.8 Å². The van der Waals surface area contributed by atoms with Crippen LogP contribution in [0.15, 0.2) is 75.0 Å². The minimum atomic E-state index is -0.159. The van der Waals surface area contributed by atoms with E-state index in [9.17, 15) is 4.79 Å². The quantitative estimate of drug-likeness (QED) is 0.216. The minimum Gasteiger partial charge on any atom is -0.497 e. The topological polar surface area (TPSA) is 59.9 Å². The summed E-state index contributed by atoms with van der Waals surface area (Å²) in [5, 5.41) is 3.38. The molecule has 0 unspecified atom stereocenters. The molecule has 0 radical (unpaired) electrons. The van der Waals surface area contributed by atoms with E-state index in [2.05, 4.69) is 71.4 Å². The van der Waals surface area contributed by atoms with Crippen LogP contribution < -0.4 is 14.8 Å². The number of hydrogen-bond acceptors (Lipinski definition) is 5. The summed E-state index contributed by atoms with van der Waals surface area (Å²) >= 11 is 9.31. The van der Waals surface area contributed by atoms with Crippen molar-refractivity contribution in [3.63, 3.8) is 0 Å². The summed E-state index contributed by atoms with van der Waals surface area (Å²) in [6.07, 6.45) is 1.87. The molecule has 1 aliphatic rings. The Labute approximate surface area is 231 Å². The first kappa shape index (κ1) is 24.6. The molecule has 33 heavy (non-hydrogen) atoms. The Kier molecular flexibility index (Phi) is 8.36. The molecule has 0 spiro atoms. The van der Waals surface area contributed by atoms with Crippen LogP contribution in [0, 0.1) is 7.14 Å². The van der Waals surface area contributed by atoms with Gasteiger partial charge >= 0.3 is 0 Å². The van der Waals surface area contributed by atoms with Gasteiger partial charge in [-0.25, -0.2) is 4.99 Å². The number of amidine groups is 1. The molecule has 4 rings (SSSR count). The number of nitrogens with one attached hydrogen (secondary N) is 1. The van der Waals surface area contributed by atoms with Crippen molar-refractivity contribution in [2.45, 2.75) is 6.61 Å². The van der Waals surface area contributed by atoms with E-state index in [0.717, 1.165) is 39.9 Å². The number of methoxy groups -OCH3 is 1. The third-order valence-electron chi connectivity index (χ3n) is 4.57. The second kappa shape index (κ2) is 11.2. The molecule has 1 heterocycles. The van der Waals surface area contributed by atoms with E-state index in [1.54, 1.807) is 7.11 Å². The first-order valence-electron chi connectivity index (χ1n) is 9.71. The Morgan fingerprint density at radius 1 is 1.06 bits per heavy atom. The minimum absolute atomic E-state index is 0.159. The van der Waals surface area contributed by atoms with E-state index < -0.39 is 0 Å². The van der Waals surface area contributed by atoms with Gasteiger partial charge in [0.05, 0.1) is 24.8 Å². The molecule has 0 aliphatic carbocycles.